The van der Waals surface area contributed by atoms with Crippen LogP contribution in [0.4, 0.5) is 0 Å². The van der Waals surface area contributed by atoms with Crippen molar-refractivity contribution in [3.63, 3.8) is 0 Å². The number of likely N-dealkylation sites (tertiary alicyclic amines) is 1. The van der Waals surface area contributed by atoms with E-state index in [1.807, 2.05) is 0 Å². The van der Waals surface area contributed by atoms with Crippen LogP contribution in [0.2, 0.25) is 0 Å². The highest BCUT2D eigenvalue weighted by Gasteiger charge is 2.57. The molecule has 3 atom stereocenters. The Labute approximate surface area is 205 Å². The lowest BCUT2D eigenvalue weighted by Gasteiger charge is -2.60. The lowest BCUT2D eigenvalue weighted by Crippen LogP contribution is -2.65. The van der Waals surface area contributed by atoms with Crippen LogP contribution in [-0.2, 0) is 15.2 Å². The highest BCUT2D eigenvalue weighted by molar-refractivity contribution is 7.79. The van der Waals surface area contributed by atoms with Gasteiger partial charge in [0.15, 0.2) is 0 Å². The third-order valence-corrected chi connectivity index (χ3v) is 7.31. The lowest BCUT2D eigenvalue weighted by molar-refractivity contribution is -0.147. The second-order valence-electron chi connectivity index (χ2n) is 10.4. The molecule has 13 nitrogen and oxygen atoms in total. The van der Waals surface area contributed by atoms with E-state index in [1.165, 1.54) is 6.42 Å². The highest BCUT2D eigenvalue weighted by Crippen LogP contribution is 2.57. The number of nitriles is 1. The van der Waals surface area contributed by atoms with Crippen molar-refractivity contribution in [3.05, 3.63) is 0 Å². The first kappa shape index (κ1) is 29.8. The molecule has 4 aliphatic carbocycles. The van der Waals surface area contributed by atoms with Crippen molar-refractivity contribution in [3.8, 4) is 6.07 Å². The van der Waals surface area contributed by atoms with Gasteiger partial charge in [-0.2, -0.15) is 5.26 Å². The Hall–Kier alpha value is -1.41. The first-order valence-electron chi connectivity index (χ1n) is 11.6. The maximum absolute atomic E-state index is 12.4. The number of aliphatic hydroxyl groups excluding tert-OH is 3. The first-order valence-corrected chi connectivity index (χ1v) is 13.0. The summed E-state index contributed by atoms with van der Waals surface area (Å²) in [6, 6.07) is 1.99. The smallest absolute Gasteiger partial charge is 0.237 e. The predicted octanol–water partition coefficient (Wildman–Crippen LogP) is -2.50. The van der Waals surface area contributed by atoms with Crippen molar-refractivity contribution in [2.24, 2.45) is 17.6 Å². The molecule has 1 heterocycles. The molecule has 4 saturated carbocycles. The van der Waals surface area contributed by atoms with Gasteiger partial charge in [0.1, 0.15) is 6.04 Å². The van der Waals surface area contributed by atoms with Gasteiger partial charge in [-0.3, -0.25) is 13.2 Å². The summed E-state index contributed by atoms with van der Waals surface area (Å²) in [6.07, 6.45) is 7.87. The van der Waals surface area contributed by atoms with E-state index in [4.69, 9.17) is 43.8 Å². The molecule has 4 bridgehead atoms. The Balaban J connectivity index is 0.000000278. The number of nitrogens with zero attached hydrogens (tertiary/aromatic N) is 2. The van der Waals surface area contributed by atoms with Crippen molar-refractivity contribution in [1.82, 2.24) is 10.2 Å². The van der Waals surface area contributed by atoms with E-state index in [2.05, 4.69) is 11.4 Å². The molecule has 1 saturated heterocycles. The fourth-order valence-electron chi connectivity index (χ4n) is 6.14. The summed E-state index contributed by atoms with van der Waals surface area (Å²) in [5.74, 6) is 1.28. The summed E-state index contributed by atoms with van der Waals surface area (Å²) in [5.41, 5.74) is 3.40. The Morgan fingerprint density at radius 1 is 1.14 bits per heavy atom. The molecule has 1 aliphatic heterocycles. The van der Waals surface area contributed by atoms with Crippen LogP contribution in [0.1, 0.15) is 51.4 Å². The summed E-state index contributed by atoms with van der Waals surface area (Å²) in [6.45, 7) is -0.186. The van der Waals surface area contributed by atoms with Crippen LogP contribution in [0.15, 0.2) is 0 Å². The van der Waals surface area contributed by atoms with Crippen LogP contribution in [0.25, 0.3) is 0 Å². The summed E-state index contributed by atoms with van der Waals surface area (Å²) in [7, 11) is -5.17. The van der Waals surface area contributed by atoms with Crippen LogP contribution in [0, 0.1) is 23.2 Å². The molecular weight excluding hydrogens is 484 g/mol. The van der Waals surface area contributed by atoms with Crippen LogP contribution < -0.4 is 11.1 Å². The van der Waals surface area contributed by atoms with E-state index < -0.39 is 41.4 Å². The summed E-state index contributed by atoms with van der Waals surface area (Å²) >= 11 is 0. The van der Waals surface area contributed by atoms with Crippen molar-refractivity contribution in [1.29, 1.82) is 5.26 Å². The van der Waals surface area contributed by atoms with E-state index in [0.717, 1.165) is 44.9 Å². The number of aliphatic hydroxyl groups is 4. The maximum atomic E-state index is 12.4. The number of rotatable bonds is 6. The quantitative estimate of drug-likeness (QED) is 0.157. The summed E-state index contributed by atoms with van der Waals surface area (Å²) in [4.78, 5) is 14.2. The number of nitrogens with two attached hydrogens (primary N) is 1. The monoisotopic (exact) mass is 520 g/mol. The molecule has 5 fully saturated rings. The van der Waals surface area contributed by atoms with Gasteiger partial charge in [-0.05, 0) is 63.2 Å². The van der Waals surface area contributed by atoms with Crippen LogP contribution >= 0.6 is 0 Å². The van der Waals surface area contributed by atoms with E-state index >= 15 is 0 Å². The molecule has 5 rings (SSSR count). The molecule has 7 N–H and O–H groups in total. The topological polar surface area (TPSA) is 243 Å². The molecule has 35 heavy (non-hydrogen) atoms. The van der Waals surface area contributed by atoms with Gasteiger partial charge in [0.2, 0.25) is 5.91 Å². The average Bonchev–Trinajstić information content (AvgIpc) is 3.24. The van der Waals surface area contributed by atoms with E-state index in [9.17, 15) is 9.90 Å². The Bertz CT molecular complexity index is 844. The van der Waals surface area contributed by atoms with Gasteiger partial charge in [-0.25, -0.2) is 0 Å². The largest absolute Gasteiger partial charge is 0.759 e. The van der Waals surface area contributed by atoms with Gasteiger partial charge in [0.25, 0.3) is 0 Å². The maximum Gasteiger partial charge on any atom is 0.237 e. The number of carbonyl (C=O) groups is 1. The zero-order valence-electron chi connectivity index (χ0n) is 19.6. The van der Waals surface area contributed by atoms with Gasteiger partial charge in [-0.1, -0.05) is 0 Å². The normalized spacial score (nSPS) is 33.3. The van der Waals surface area contributed by atoms with Crippen LogP contribution in [0.5, 0.6) is 0 Å². The number of hydrogen-bond acceptors (Lipinski definition) is 12. The molecule has 5 aliphatic rings. The molecule has 2 unspecified atom stereocenters. The second-order valence-corrected chi connectivity index (χ2v) is 11.3. The fraction of sp³-hybridized carbons (Fsp3) is 0.905. The van der Waals surface area contributed by atoms with Crippen LogP contribution in [-0.4, -0.2) is 104 Å². The van der Waals surface area contributed by atoms with E-state index in [-0.39, 0.29) is 17.5 Å². The summed E-state index contributed by atoms with van der Waals surface area (Å²) < 4.78 is 34.1. The average molecular weight is 521 g/mol. The molecule has 0 radical (unpaired) electrons. The number of carbonyl (C=O) groups excluding carboxylic acids is 1. The van der Waals surface area contributed by atoms with Gasteiger partial charge in [0.05, 0.1) is 43.6 Å². The third kappa shape index (κ3) is 8.59. The minimum absolute atomic E-state index is 0.0453. The Kier molecular flexibility index (Phi) is 10.0. The highest BCUT2D eigenvalue weighted by atomic mass is 32.3. The first-order chi connectivity index (χ1) is 16.2. The number of amides is 1. The number of hydrogen-bond donors (Lipinski definition) is 6. The van der Waals surface area contributed by atoms with E-state index in [1.54, 1.807) is 4.90 Å². The minimum atomic E-state index is -5.17. The Morgan fingerprint density at radius 2 is 1.66 bits per heavy atom. The van der Waals surface area contributed by atoms with Gasteiger partial charge in [-0.15, -0.1) is 0 Å². The van der Waals surface area contributed by atoms with Crippen molar-refractivity contribution < 1.29 is 42.7 Å². The standard InChI is InChI=1S/C17H25N3O2.C4H11NO3.H2O4S/c18-9-14-2-1-3-20(14)15(21)10-19-16-5-12-4-13(6-16)8-17(22,7-12)11-16;5-4(1-6,2-7)3-8;1-5(2,3)4/h12-14,19,22H,1-8,10-11H2;6-8H,1-3,5H2;(H2,1,2,3,4)/p-2/t12?,13?,14-,16?,17?;;/m0../s1. The molecule has 0 spiro atoms. The second kappa shape index (κ2) is 11.8. The molecule has 202 valence electrons. The van der Waals surface area contributed by atoms with E-state index in [0.29, 0.717) is 24.9 Å². The third-order valence-electron chi connectivity index (χ3n) is 7.31. The zero-order valence-corrected chi connectivity index (χ0v) is 20.5. The van der Waals surface area contributed by atoms with Gasteiger partial charge < -0.3 is 45.5 Å². The Morgan fingerprint density at radius 3 is 2.06 bits per heavy atom. The lowest BCUT2D eigenvalue weighted by atomic mass is 9.51. The van der Waals surface area contributed by atoms with Crippen molar-refractivity contribution in [2.75, 3.05) is 32.9 Å². The molecule has 14 heteroatoms. The van der Waals surface area contributed by atoms with Crippen molar-refractivity contribution >= 4 is 16.3 Å². The molecule has 0 aromatic carbocycles. The van der Waals surface area contributed by atoms with Gasteiger partial charge >= 0.3 is 0 Å². The molecule has 0 aromatic rings. The fourth-order valence-corrected chi connectivity index (χ4v) is 6.14. The van der Waals surface area contributed by atoms with Crippen molar-refractivity contribution in [2.45, 2.75) is 74.1 Å². The molecule has 0 aromatic heterocycles. The zero-order chi connectivity index (χ0) is 26.5. The minimum Gasteiger partial charge on any atom is -0.759 e. The SMILES string of the molecule is N#C[C@@H]1CCCN1C(=O)CNC12CC3CC(CC(O)(C3)C1)C2.NC(CO)(CO)CO.O=S(=O)([O-])[O-]. The number of nitrogens with one attached hydrogen (secondary N) is 1. The van der Waals surface area contributed by atoms with Crippen LogP contribution in [0.3, 0.4) is 0 Å². The predicted molar refractivity (Wildman–Crippen MR) is 119 cm³/mol. The summed E-state index contributed by atoms with van der Waals surface area (Å²) in [5, 5.41) is 48.4. The van der Waals surface area contributed by atoms with Gasteiger partial charge in [0, 0.05) is 22.5 Å². The molecular formula is C21H36N4O9S-2. The molecule has 1 amide bonds.